The fourth-order valence-corrected chi connectivity index (χ4v) is 2.25. The van der Waals surface area contributed by atoms with E-state index in [-0.39, 0.29) is 6.09 Å². The Kier molecular flexibility index (Phi) is 6.69. The Balaban J connectivity index is 2.62. The summed E-state index contributed by atoms with van der Waals surface area (Å²) < 4.78 is 5.23. The van der Waals surface area contributed by atoms with Gasteiger partial charge in [0.15, 0.2) is 0 Å². The second kappa shape index (κ2) is 8.03. The minimum Gasteiger partial charge on any atom is -0.444 e. The lowest BCUT2D eigenvalue weighted by Gasteiger charge is -2.20. The van der Waals surface area contributed by atoms with Crippen molar-refractivity contribution in [2.45, 2.75) is 58.6 Å². The molecule has 21 heavy (non-hydrogen) atoms. The summed E-state index contributed by atoms with van der Waals surface area (Å²) in [6, 6.07) is 8.30. The molecule has 0 aromatic heterocycles. The number of rotatable bonds is 6. The van der Waals surface area contributed by atoms with Gasteiger partial charge in [0.25, 0.3) is 0 Å². The molecule has 4 nitrogen and oxygen atoms in total. The quantitative estimate of drug-likeness (QED) is 0.842. The van der Waals surface area contributed by atoms with E-state index >= 15 is 0 Å². The maximum Gasteiger partial charge on any atom is 0.407 e. The summed E-state index contributed by atoms with van der Waals surface area (Å²) in [5, 5.41) is 2.79. The first-order chi connectivity index (χ1) is 9.85. The van der Waals surface area contributed by atoms with Gasteiger partial charge in [0, 0.05) is 6.54 Å². The second-order valence-electron chi connectivity index (χ2n) is 6.28. The fraction of sp³-hybridized carbons (Fsp3) is 0.588. The van der Waals surface area contributed by atoms with Crippen molar-refractivity contribution in [2.75, 3.05) is 6.54 Å². The van der Waals surface area contributed by atoms with Crippen LogP contribution in [-0.4, -0.2) is 18.2 Å². The molecule has 118 valence electrons. The van der Waals surface area contributed by atoms with Crippen LogP contribution in [-0.2, 0) is 11.3 Å². The Labute approximate surface area is 128 Å². The van der Waals surface area contributed by atoms with E-state index in [4.69, 9.17) is 10.5 Å². The first-order valence-electron chi connectivity index (χ1n) is 7.61. The number of benzene rings is 1. The number of carbonyl (C=O) groups excluding carboxylic acids is 1. The smallest absolute Gasteiger partial charge is 0.407 e. The lowest BCUT2D eigenvalue weighted by molar-refractivity contribution is 0.0523. The van der Waals surface area contributed by atoms with Gasteiger partial charge in [0.1, 0.15) is 5.60 Å². The number of carbonyl (C=O) groups is 1. The van der Waals surface area contributed by atoms with Gasteiger partial charge in [0.2, 0.25) is 0 Å². The van der Waals surface area contributed by atoms with Gasteiger partial charge in [0.05, 0.1) is 0 Å². The van der Waals surface area contributed by atoms with Crippen molar-refractivity contribution in [3.8, 4) is 0 Å². The van der Waals surface area contributed by atoms with Crippen molar-refractivity contribution >= 4 is 6.09 Å². The third kappa shape index (κ3) is 6.63. The second-order valence-corrected chi connectivity index (χ2v) is 6.28. The molecule has 1 atom stereocenters. The van der Waals surface area contributed by atoms with E-state index in [9.17, 15) is 4.79 Å². The summed E-state index contributed by atoms with van der Waals surface area (Å²) in [5.41, 5.74) is 7.55. The van der Waals surface area contributed by atoms with E-state index in [1.54, 1.807) is 0 Å². The van der Waals surface area contributed by atoms with Gasteiger partial charge < -0.3 is 15.8 Å². The highest BCUT2D eigenvalue weighted by Gasteiger charge is 2.16. The van der Waals surface area contributed by atoms with Crippen LogP contribution in [0.15, 0.2) is 24.3 Å². The molecule has 0 spiro atoms. The molecule has 0 heterocycles. The first-order valence-corrected chi connectivity index (χ1v) is 7.61. The summed E-state index contributed by atoms with van der Waals surface area (Å²) >= 11 is 0. The molecule has 1 aromatic rings. The SMILES string of the molecule is CCC(CCN)c1cccc(CNC(=O)OC(C)(C)C)c1. The molecule has 4 heteroatoms. The monoisotopic (exact) mass is 292 g/mol. The highest BCUT2D eigenvalue weighted by atomic mass is 16.6. The Morgan fingerprint density at radius 2 is 2.10 bits per heavy atom. The van der Waals surface area contributed by atoms with Gasteiger partial charge in [-0.05, 0) is 57.2 Å². The molecule has 0 radical (unpaired) electrons. The van der Waals surface area contributed by atoms with E-state index in [1.165, 1.54) is 5.56 Å². The lowest BCUT2D eigenvalue weighted by Crippen LogP contribution is -2.32. The predicted molar refractivity (Wildman–Crippen MR) is 86.2 cm³/mol. The van der Waals surface area contributed by atoms with Crippen LogP contribution in [0, 0.1) is 0 Å². The summed E-state index contributed by atoms with van der Waals surface area (Å²) in [6.07, 6.45) is 1.67. The largest absolute Gasteiger partial charge is 0.444 e. The topological polar surface area (TPSA) is 64.3 Å². The number of alkyl carbamates (subject to hydrolysis) is 1. The van der Waals surface area contributed by atoms with Crippen molar-refractivity contribution in [1.29, 1.82) is 0 Å². The van der Waals surface area contributed by atoms with Crippen molar-refractivity contribution in [2.24, 2.45) is 5.73 Å². The average molecular weight is 292 g/mol. The summed E-state index contributed by atoms with van der Waals surface area (Å²) in [6.45, 7) is 8.90. The van der Waals surface area contributed by atoms with Crippen LogP contribution in [0.2, 0.25) is 0 Å². The molecule has 0 aliphatic carbocycles. The molecular weight excluding hydrogens is 264 g/mol. The zero-order valence-electron chi connectivity index (χ0n) is 13.6. The standard InChI is InChI=1S/C17H28N2O2/c1-5-14(9-10-18)15-8-6-7-13(11-15)12-19-16(20)21-17(2,3)4/h6-8,11,14H,5,9-10,12,18H2,1-4H3,(H,19,20). The molecule has 1 aromatic carbocycles. The van der Waals surface area contributed by atoms with E-state index in [0.29, 0.717) is 19.0 Å². The van der Waals surface area contributed by atoms with Gasteiger partial charge >= 0.3 is 6.09 Å². The Hall–Kier alpha value is -1.55. The molecule has 0 aliphatic heterocycles. The molecule has 0 bridgehead atoms. The van der Waals surface area contributed by atoms with Crippen LogP contribution >= 0.6 is 0 Å². The number of hydrogen-bond donors (Lipinski definition) is 2. The van der Waals surface area contributed by atoms with Crippen molar-refractivity contribution in [3.63, 3.8) is 0 Å². The van der Waals surface area contributed by atoms with E-state index < -0.39 is 5.60 Å². The zero-order chi connectivity index (χ0) is 15.9. The molecule has 1 rings (SSSR count). The maximum absolute atomic E-state index is 11.7. The van der Waals surface area contributed by atoms with Crippen molar-refractivity contribution in [1.82, 2.24) is 5.32 Å². The van der Waals surface area contributed by atoms with Crippen LogP contribution in [0.5, 0.6) is 0 Å². The maximum atomic E-state index is 11.7. The molecule has 1 unspecified atom stereocenters. The number of hydrogen-bond acceptors (Lipinski definition) is 3. The van der Waals surface area contributed by atoms with Crippen LogP contribution in [0.4, 0.5) is 4.79 Å². The lowest BCUT2D eigenvalue weighted by atomic mass is 9.92. The van der Waals surface area contributed by atoms with E-state index in [0.717, 1.165) is 18.4 Å². The van der Waals surface area contributed by atoms with E-state index in [2.05, 4.69) is 24.4 Å². The minimum absolute atomic E-state index is 0.387. The van der Waals surface area contributed by atoms with Gasteiger partial charge in [-0.3, -0.25) is 0 Å². The molecular formula is C17H28N2O2. The zero-order valence-corrected chi connectivity index (χ0v) is 13.6. The number of nitrogens with one attached hydrogen (secondary N) is 1. The highest BCUT2D eigenvalue weighted by Crippen LogP contribution is 2.23. The molecule has 0 fully saturated rings. The van der Waals surface area contributed by atoms with Crippen LogP contribution < -0.4 is 11.1 Å². The normalized spacial score (nSPS) is 12.8. The van der Waals surface area contributed by atoms with Crippen molar-refractivity contribution in [3.05, 3.63) is 35.4 Å². The van der Waals surface area contributed by atoms with Crippen LogP contribution in [0.3, 0.4) is 0 Å². The molecule has 1 amide bonds. The van der Waals surface area contributed by atoms with E-state index in [1.807, 2.05) is 32.9 Å². The Morgan fingerprint density at radius 1 is 1.38 bits per heavy atom. The number of amides is 1. The molecule has 3 N–H and O–H groups in total. The Morgan fingerprint density at radius 3 is 2.67 bits per heavy atom. The van der Waals surface area contributed by atoms with Crippen LogP contribution in [0.25, 0.3) is 0 Å². The molecule has 0 aliphatic rings. The fourth-order valence-electron chi connectivity index (χ4n) is 2.25. The average Bonchev–Trinajstić information content (AvgIpc) is 2.41. The predicted octanol–water partition coefficient (Wildman–Crippen LogP) is 3.55. The summed E-state index contributed by atoms with van der Waals surface area (Å²) in [4.78, 5) is 11.7. The molecule has 0 saturated heterocycles. The van der Waals surface area contributed by atoms with Gasteiger partial charge in [-0.15, -0.1) is 0 Å². The number of ether oxygens (including phenoxy) is 1. The summed E-state index contributed by atoms with van der Waals surface area (Å²) in [7, 11) is 0. The van der Waals surface area contributed by atoms with Crippen molar-refractivity contribution < 1.29 is 9.53 Å². The number of nitrogens with two attached hydrogens (primary N) is 1. The summed E-state index contributed by atoms with van der Waals surface area (Å²) in [5.74, 6) is 0.483. The Bertz CT molecular complexity index is 452. The third-order valence-electron chi connectivity index (χ3n) is 3.27. The molecule has 0 saturated carbocycles. The van der Waals surface area contributed by atoms with Crippen LogP contribution in [0.1, 0.15) is 57.6 Å². The van der Waals surface area contributed by atoms with Gasteiger partial charge in [-0.2, -0.15) is 0 Å². The van der Waals surface area contributed by atoms with Gasteiger partial charge in [-0.1, -0.05) is 31.2 Å². The van der Waals surface area contributed by atoms with Gasteiger partial charge in [-0.25, -0.2) is 4.79 Å². The highest BCUT2D eigenvalue weighted by molar-refractivity contribution is 5.67. The first kappa shape index (κ1) is 17.5. The third-order valence-corrected chi connectivity index (χ3v) is 3.27. The minimum atomic E-state index is -0.472.